The zero-order valence-corrected chi connectivity index (χ0v) is 10.1. The maximum absolute atomic E-state index is 3.03. The number of hydrogen-bond donors (Lipinski definition) is 0. The quantitative estimate of drug-likeness (QED) is 0.453. The summed E-state index contributed by atoms with van der Waals surface area (Å²) < 4.78 is 0. The van der Waals surface area contributed by atoms with Crippen LogP contribution in [0, 0.1) is 19.9 Å². The molecule has 1 aromatic rings. The van der Waals surface area contributed by atoms with Crippen LogP contribution in [0.25, 0.3) is 0 Å². The maximum atomic E-state index is 3.03. The summed E-state index contributed by atoms with van der Waals surface area (Å²) >= 11 is 0. The minimum absolute atomic E-state index is 0. The third-order valence-electron chi connectivity index (χ3n) is 1.08. The third-order valence-corrected chi connectivity index (χ3v) is 1.08. The van der Waals surface area contributed by atoms with Crippen molar-refractivity contribution in [1.29, 1.82) is 0 Å². The zero-order valence-electron chi connectivity index (χ0n) is 6.35. The van der Waals surface area contributed by atoms with Crippen LogP contribution in [0.15, 0.2) is 18.2 Å². The van der Waals surface area contributed by atoms with Crippen LogP contribution in [0.1, 0.15) is 11.1 Å². The number of hydrogen-bond acceptors (Lipinski definition) is 0. The molecule has 0 N–H and O–H groups in total. The van der Waals surface area contributed by atoms with Crippen LogP contribution >= 0.6 is 12.4 Å². The van der Waals surface area contributed by atoms with Gasteiger partial charge in [-0.1, -0.05) is 13.8 Å². The predicted octanol–water partition coefficient (Wildman–Crippen LogP) is 2.52. The summed E-state index contributed by atoms with van der Waals surface area (Å²) in [5.74, 6) is 0. The Hall–Kier alpha value is 0.133. The Morgan fingerprint density at radius 1 is 1.10 bits per heavy atom. The van der Waals surface area contributed by atoms with Crippen LogP contribution in [0.2, 0.25) is 0 Å². The van der Waals surface area contributed by atoms with E-state index in [9.17, 15) is 0 Å². The molecule has 10 heavy (non-hydrogen) atoms. The average molecular weight is 207 g/mol. The monoisotopic (exact) mass is 205 g/mol. The zero-order chi connectivity index (χ0) is 5.98. The van der Waals surface area contributed by atoms with Gasteiger partial charge in [0.15, 0.2) is 0 Å². The van der Waals surface area contributed by atoms with E-state index in [0.717, 1.165) is 0 Å². The first-order valence-electron chi connectivity index (χ1n) is 2.73. The fourth-order valence-corrected chi connectivity index (χ4v) is 0.747. The van der Waals surface area contributed by atoms with Gasteiger partial charge in [0.05, 0.1) is 0 Å². The third kappa shape index (κ3) is 4.03. The molecular weight excluding hydrogens is 197 g/mol. The standard InChI is InChI=1S/C8H9.ClH.Zn/c1-7-4-3-5-8(2)6-7;;/h4-6H,1-2H3;1H;/q-1;;. The van der Waals surface area contributed by atoms with Gasteiger partial charge in [0, 0.05) is 19.5 Å². The molecular formula is C8H10ClZn-. The first-order chi connectivity index (χ1) is 3.79. The van der Waals surface area contributed by atoms with Crippen LogP contribution < -0.4 is 0 Å². The topological polar surface area (TPSA) is 0 Å². The summed E-state index contributed by atoms with van der Waals surface area (Å²) in [6, 6.07) is 9.12. The van der Waals surface area contributed by atoms with Gasteiger partial charge in [-0.2, -0.15) is 35.4 Å². The molecule has 1 rings (SSSR count). The van der Waals surface area contributed by atoms with Gasteiger partial charge in [0.25, 0.3) is 0 Å². The Kier molecular flexibility index (Phi) is 7.52. The number of rotatable bonds is 0. The number of benzene rings is 1. The molecule has 0 aromatic heterocycles. The Morgan fingerprint density at radius 2 is 1.50 bits per heavy atom. The van der Waals surface area contributed by atoms with Crippen molar-refractivity contribution in [2.24, 2.45) is 0 Å². The van der Waals surface area contributed by atoms with E-state index < -0.39 is 0 Å². The van der Waals surface area contributed by atoms with Gasteiger partial charge in [-0.15, -0.1) is 12.4 Å². The van der Waals surface area contributed by atoms with Crippen molar-refractivity contribution in [1.82, 2.24) is 0 Å². The maximum Gasteiger partial charge on any atom is 0 e. The smallest absolute Gasteiger partial charge is 0 e. The molecule has 2 heteroatoms. The van der Waals surface area contributed by atoms with Crippen LogP contribution in [0.4, 0.5) is 0 Å². The Morgan fingerprint density at radius 3 is 1.70 bits per heavy atom. The molecule has 0 fully saturated rings. The molecule has 0 saturated carbocycles. The molecule has 0 saturated heterocycles. The van der Waals surface area contributed by atoms with Gasteiger partial charge < -0.3 is 0 Å². The SMILES string of the molecule is Cc1c[c-]cc(C)c1.Cl.[Zn]. The second-order valence-corrected chi connectivity index (χ2v) is 2.09. The summed E-state index contributed by atoms with van der Waals surface area (Å²) in [6.45, 7) is 4.15. The summed E-state index contributed by atoms with van der Waals surface area (Å²) in [5, 5.41) is 0. The molecule has 0 aliphatic carbocycles. The number of aryl methyl sites for hydroxylation is 2. The van der Waals surface area contributed by atoms with Crippen LogP contribution in [0.5, 0.6) is 0 Å². The second kappa shape index (κ2) is 5.88. The van der Waals surface area contributed by atoms with Crippen LogP contribution in [-0.4, -0.2) is 0 Å². The molecule has 0 amide bonds. The van der Waals surface area contributed by atoms with Gasteiger partial charge in [-0.05, 0) is 0 Å². The second-order valence-electron chi connectivity index (χ2n) is 2.09. The van der Waals surface area contributed by atoms with Crippen molar-refractivity contribution in [3.63, 3.8) is 0 Å². The molecule has 0 nitrogen and oxygen atoms in total. The Labute approximate surface area is 81.2 Å². The van der Waals surface area contributed by atoms with Crippen LogP contribution in [0.3, 0.4) is 0 Å². The van der Waals surface area contributed by atoms with E-state index in [2.05, 4.69) is 26.0 Å². The molecule has 0 bridgehead atoms. The fraction of sp³-hybridized carbons (Fsp3) is 0.250. The minimum atomic E-state index is 0. The Bertz CT molecular complexity index is 169. The molecule has 0 spiro atoms. The molecule has 0 atom stereocenters. The van der Waals surface area contributed by atoms with Gasteiger partial charge in [0.2, 0.25) is 0 Å². The first-order valence-corrected chi connectivity index (χ1v) is 2.73. The molecule has 0 radical (unpaired) electrons. The van der Waals surface area contributed by atoms with Crippen molar-refractivity contribution in [3.8, 4) is 0 Å². The molecule has 1 aromatic carbocycles. The molecule has 0 heterocycles. The van der Waals surface area contributed by atoms with E-state index in [1.54, 1.807) is 0 Å². The molecule has 0 unspecified atom stereocenters. The van der Waals surface area contributed by atoms with Gasteiger partial charge >= 0.3 is 0 Å². The van der Waals surface area contributed by atoms with E-state index in [1.165, 1.54) is 11.1 Å². The van der Waals surface area contributed by atoms with Crippen molar-refractivity contribution in [2.75, 3.05) is 0 Å². The average Bonchev–Trinajstić information content (AvgIpc) is 1.64. The van der Waals surface area contributed by atoms with Crippen molar-refractivity contribution >= 4 is 12.4 Å². The summed E-state index contributed by atoms with van der Waals surface area (Å²) in [5.41, 5.74) is 2.56. The summed E-state index contributed by atoms with van der Waals surface area (Å²) in [7, 11) is 0. The molecule has 0 aliphatic rings. The van der Waals surface area contributed by atoms with Gasteiger partial charge in [0.1, 0.15) is 0 Å². The van der Waals surface area contributed by atoms with Crippen molar-refractivity contribution < 1.29 is 19.5 Å². The normalized spacial score (nSPS) is 7.40. The Balaban J connectivity index is 0. The van der Waals surface area contributed by atoms with Crippen molar-refractivity contribution in [2.45, 2.75) is 13.8 Å². The molecule has 0 aliphatic heterocycles. The molecule has 52 valence electrons. The minimum Gasteiger partial charge on any atom is -0.183 e. The van der Waals surface area contributed by atoms with E-state index in [4.69, 9.17) is 0 Å². The van der Waals surface area contributed by atoms with E-state index >= 15 is 0 Å². The number of halogens is 1. The van der Waals surface area contributed by atoms with Crippen molar-refractivity contribution in [3.05, 3.63) is 35.4 Å². The van der Waals surface area contributed by atoms with Gasteiger partial charge in [-0.3, -0.25) is 0 Å². The van der Waals surface area contributed by atoms with E-state index in [1.807, 2.05) is 12.1 Å². The largest absolute Gasteiger partial charge is 0.183 e. The predicted molar refractivity (Wildman–Crippen MR) is 42.0 cm³/mol. The fourth-order valence-electron chi connectivity index (χ4n) is 0.747. The van der Waals surface area contributed by atoms with Gasteiger partial charge in [-0.25, -0.2) is 0 Å². The van der Waals surface area contributed by atoms with E-state index in [0.29, 0.717) is 0 Å². The first kappa shape index (κ1) is 12.8. The summed E-state index contributed by atoms with van der Waals surface area (Å²) in [4.78, 5) is 0. The van der Waals surface area contributed by atoms with E-state index in [-0.39, 0.29) is 31.9 Å². The van der Waals surface area contributed by atoms with Crippen LogP contribution in [-0.2, 0) is 19.5 Å². The summed E-state index contributed by atoms with van der Waals surface area (Å²) in [6.07, 6.45) is 0.